The molecule has 4 heterocycles. The summed E-state index contributed by atoms with van der Waals surface area (Å²) in [7, 11) is 0. The van der Waals surface area contributed by atoms with Crippen molar-refractivity contribution in [3.63, 3.8) is 0 Å². The number of amides is 3. The Bertz CT molecular complexity index is 1150. The molecule has 0 bridgehead atoms. The van der Waals surface area contributed by atoms with Gasteiger partial charge in [0.2, 0.25) is 5.91 Å². The molecule has 0 aromatic carbocycles. The number of aryl methyl sites for hydroxylation is 2. The zero-order valence-electron chi connectivity index (χ0n) is 18.0. The molecule has 1 aliphatic heterocycles. The minimum absolute atomic E-state index is 0.175. The van der Waals surface area contributed by atoms with Gasteiger partial charge in [0.1, 0.15) is 35.4 Å². The summed E-state index contributed by atoms with van der Waals surface area (Å²) in [5, 5.41) is 2.70. The molecule has 0 radical (unpaired) electrons. The first-order chi connectivity index (χ1) is 14.7. The van der Waals surface area contributed by atoms with Gasteiger partial charge in [0.05, 0.1) is 11.8 Å². The molecule has 1 saturated heterocycles. The zero-order valence-corrected chi connectivity index (χ0v) is 18.0. The van der Waals surface area contributed by atoms with Crippen LogP contribution in [0.15, 0.2) is 43.0 Å². The number of imidazole rings is 1. The van der Waals surface area contributed by atoms with E-state index in [-0.39, 0.29) is 5.91 Å². The first kappa shape index (κ1) is 20.5. The maximum Gasteiger partial charge on any atom is 0.329 e. The third-order valence-electron chi connectivity index (χ3n) is 5.28. The smallest absolute Gasteiger partial charge is 0.329 e. The van der Waals surface area contributed by atoms with Gasteiger partial charge < -0.3 is 4.74 Å². The van der Waals surface area contributed by atoms with Crippen LogP contribution < -0.4 is 14.6 Å². The predicted molar refractivity (Wildman–Crippen MR) is 113 cm³/mol. The van der Waals surface area contributed by atoms with Crippen molar-refractivity contribution in [3.8, 4) is 17.3 Å². The summed E-state index contributed by atoms with van der Waals surface area (Å²) in [5.41, 5.74) is 1.11. The fourth-order valence-electron chi connectivity index (χ4n) is 3.38. The molecular weight excluding hydrogens is 396 g/mol. The van der Waals surface area contributed by atoms with Gasteiger partial charge >= 0.3 is 6.03 Å². The van der Waals surface area contributed by atoms with Crippen LogP contribution in [0.2, 0.25) is 0 Å². The van der Waals surface area contributed by atoms with Crippen LogP contribution in [0.5, 0.6) is 11.5 Å². The number of nitrogens with zero attached hydrogens (tertiary/aromatic N) is 4. The molecule has 0 unspecified atom stereocenters. The molecule has 31 heavy (non-hydrogen) atoms. The molecule has 3 amide bonds. The number of aromatic nitrogens is 4. The van der Waals surface area contributed by atoms with E-state index in [2.05, 4.69) is 20.3 Å². The minimum Gasteiger partial charge on any atom is -0.455 e. The van der Waals surface area contributed by atoms with E-state index in [1.165, 1.54) is 4.90 Å². The highest BCUT2D eigenvalue weighted by molar-refractivity contribution is 6.03. The number of ether oxygens (including phenoxy) is 1. The SMILES string of the molecule is Cc1c[n+](-c2cc(Oc3ccc(NC(=O)N4CCC(C)(C)C4=O)nc3C)ccn2)c[nH]1. The molecular formula is C22H25N6O3+. The van der Waals surface area contributed by atoms with Crippen LogP contribution in [-0.2, 0) is 4.79 Å². The van der Waals surface area contributed by atoms with Crippen LogP contribution >= 0.6 is 0 Å². The number of likely N-dealkylation sites (tertiary alicyclic amines) is 1. The van der Waals surface area contributed by atoms with E-state index in [1.54, 1.807) is 31.3 Å². The molecule has 160 valence electrons. The van der Waals surface area contributed by atoms with E-state index in [4.69, 9.17) is 4.74 Å². The molecule has 9 nitrogen and oxygen atoms in total. The fraction of sp³-hybridized carbons (Fsp3) is 0.318. The molecule has 1 fully saturated rings. The average molecular weight is 421 g/mol. The summed E-state index contributed by atoms with van der Waals surface area (Å²) < 4.78 is 7.85. The van der Waals surface area contributed by atoms with Gasteiger partial charge in [-0.25, -0.2) is 14.3 Å². The number of imide groups is 1. The lowest BCUT2D eigenvalue weighted by Gasteiger charge is -2.18. The Labute approximate surface area is 180 Å². The van der Waals surface area contributed by atoms with Crippen molar-refractivity contribution in [3.05, 3.63) is 54.4 Å². The third-order valence-corrected chi connectivity index (χ3v) is 5.28. The van der Waals surface area contributed by atoms with Crippen molar-refractivity contribution in [2.24, 2.45) is 5.41 Å². The number of H-pyrrole nitrogens is 1. The average Bonchev–Trinajstić information content (AvgIpc) is 3.27. The van der Waals surface area contributed by atoms with Gasteiger partial charge in [0, 0.05) is 18.0 Å². The molecule has 0 spiro atoms. The fourth-order valence-corrected chi connectivity index (χ4v) is 3.38. The topological polar surface area (TPSA) is 104 Å². The second kappa shape index (κ2) is 7.82. The van der Waals surface area contributed by atoms with Gasteiger partial charge in [-0.3, -0.25) is 20.0 Å². The number of hydrogen-bond acceptors (Lipinski definition) is 5. The van der Waals surface area contributed by atoms with E-state index >= 15 is 0 Å². The highest BCUT2D eigenvalue weighted by Gasteiger charge is 2.41. The minimum atomic E-state index is -0.515. The summed E-state index contributed by atoms with van der Waals surface area (Å²) in [6.07, 6.45) is 6.07. The summed E-state index contributed by atoms with van der Waals surface area (Å²) in [6.45, 7) is 7.85. The van der Waals surface area contributed by atoms with Crippen LogP contribution in [0.1, 0.15) is 31.7 Å². The summed E-state index contributed by atoms with van der Waals surface area (Å²) in [5.74, 6) is 2.08. The number of hydrogen-bond donors (Lipinski definition) is 2. The number of rotatable bonds is 4. The highest BCUT2D eigenvalue weighted by atomic mass is 16.5. The van der Waals surface area contributed by atoms with E-state index in [9.17, 15) is 9.59 Å². The number of nitrogens with one attached hydrogen (secondary N) is 2. The molecule has 9 heteroatoms. The molecule has 3 aromatic rings. The van der Waals surface area contributed by atoms with Crippen LogP contribution in [0.3, 0.4) is 0 Å². The molecule has 0 atom stereocenters. The molecule has 3 aromatic heterocycles. The van der Waals surface area contributed by atoms with Gasteiger partial charge in [0.25, 0.3) is 5.82 Å². The van der Waals surface area contributed by atoms with E-state index in [1.807, 2.05) is 43.9 Å². The largest absolute Gasteiger partial charge is 0.455 e. The standard InChI is InChI=1S/C22H24N6O3/c1-14-12-27(13-24-14)19-11-16(7-9-23-19)31-17-5-6-18(25-15(17)2)26-21(30)28-10-8-22(3,4)20(28)29/h5-7,9,11-13H,8,10H2,1-4H3,(H,25,26,30)/p+1. The third kappa shape index (κ3) is 4.25. The second-order valence-corrected chi connectivity index (χ2v) is 8.25. The molecule has 2 N–H and O–H groups in total. The number of carbonyl (C=O) groups is 2. The summed E-state index contributed by atoms with van der Waals surface area (Å²) >= 11 is 0. The Morgan fingerprint density at radius 2 is 2.10 bits per heavy atom. The van der Waals surface area contributed by atoms with Crippen molar-refractivity contribution in [1.82, 2.24) is 19.9 Å². The number of anilines is 1. The van der Waals surface area contributed by atoms with E-state index in [0.29, 0.717) is 36.0 Å². The highest BCUT2D eigenvalue weighted by Crippen LogP contribution is 2.31. The Kier molecular flexibility index (Phi) is 5.18. The van der Waals surface area contributed by atoms with Gasteiger partial charge in [-0.15, -0.1) is 4.98 Å². The van der Waals surface area contributed by atoms with Crippen molar-refractivity contribution >= 4 is 17.8 Å². The lowest BCUT2D eigenvalue weighted by atomic mass is 9.92. The zero-order chi connectivity index (χ0) is 22.2. The van der Waals surface area contributed by atoms with Gasteiger partial charge in [-0.2, -0.15) is 0 Å². The number of pyridine rings is 2. The number of carbonyl (C=O) groups excluding carboxylic acids is 2. The molecule has 0 aliphatic carbocycles. The van der Waals surface area contributed by atoms with Crippen molar-refractivity contribution in [2.75, 3.05) is 11.9 Å². The van der Waals surface area contributed by atoms with Crippen LogP contribution in [0.25, 0.3) is 5.82 Å². The van der Waals surface area contributed by atoms with E-state index < -0.39 is 11.4 Å². The maximum atomic E-state index is 12.5. The van der Waals surface area contributed by atoms with Crippen LogP contribution in [-0.4, -0.2) is 38.3 Å². The predicted octanol–water partition coefficient (Wildman–Crippen LogP) is 3.28. The van der Waals surface area contributed by atoms with Crippen molar-refractivity contribution in [1.29, 1.82) is 0 Å². The Morgan fingerprint density at radius 1 is 1.29 bits per heavy atom. The van der Waals surface area contributed by atoms with Crippen molar-refractivity contribution < 1.29 is 18.9 Å². The maximum absolute atomic E-state index is 12.5. The lowest BCUT2D eigenvalue weighted by Crippen LogP contribution is -2.39. The lowest BCUT2D eigenvalue weighted by molar-refractivity contribution is -0.598. The normalized spacial score (nSPS) is 15.2. The van der Waals surface area contributed by atoms with Gasteiger partial charge in [0.15, 0.2) is 6.33 Å². The Morgan fingerprint density at radius 3 is 2.74 bits per heavy atom. The molecule has 0 saturated carbocycles. The first-order valence-electron chi connectivity index (χ1n) is 10.0. The van der Waals surface area contributed by atoms with Crippen LogP contribution in [0, 0.1) is 19.3 Å². The Hall–Kier alpha value is -3.75. The summed E-state index contributed by atoms with van der Waals surface area (Å²) in [6, 6.07) is 6.51. The quantitative estimate of drug-likeness (QED) is 0.629. The molecule has 1 aliphatic rings. The number of aromatic amines is 1. The summed E-state index contributed by atoms with van der Waals surface area (Å²) in [4.78, 5) is 37.9. The Balaban J connectivity index is 1.46. The van der Waals surface area contributed by atoms with Gasteiger partial charge in [-0.1, -0.05) is 13.8 Å². The van der Waals surface area contributed by atoms with Crippen LogP contribution in [0.4, 0.5) is 10.6 Å². The monoisotopic (exact) mass is 421 g/mol. The van der Waals surface area contributed by atoms with E-state index in [0.717, 1.165) is 11.5 Å². The first-order valence-corrected chi connectivity index (χ1v) is 10.0. The number of urea groups is 1. The second-order valence-electron chi connectivity index (χ2n) is 8.25. The van der Waals surface area contributed by atoms with Crippen molar-refractivity contribution in [2.45, 2.75) is 34.1 Å². The molecule has 4 rings (SSSR count). The van der Waals surface area contributed by atoms with Gasteiger partial charge in [-0.05, 0) is 32.4 Å².